The summed E-state index contributed by atoms with van der Waals surface area (Å²) < 4.78 is 15.2. The van der Waals surface area contributed by atoms with E-state index >= 15 is 0 Å². The number of rotatable bonds is 7. The van der Waals surface area contributed by atoms with Crippen LogP contribution < -0.4 is 10.6 Å². The van der Waals surface area contributed by atoms with E-state index < -0.39 is 5.82 Å². The monoisotopic (exact) mass is 437 g/mol. The van der Waals surface area contributed by atoms with Crippen LogP contribution in [0.4, 0.5) is 10.2 Å². The second-order valence-corrected chi connectivity index (χ2v) is 7.59. The maximum Gasteiger partial charge on any atom is 0.222 e. The number of hydrogen-bond acceptors (Lipinski definition) is 4. The molecule has 0 fully saturated rings. The molecular weight excluding hydrogens is 417 g/mol. The molecule has 0 saturated carbocycles. The highest BCUT2D eigenvalue weighted by molar-refractivity contribution is 6.30. The number of nitrogens with one attached hydrogen (secondary N) is 2. The van der Waals surface area contributed by atoms with Gasteiger partial charge in [-0.1, -0.05) is 41.4 Å². The highest BCUT2D eigenvalue weighted by Gasteiger charge is 2.14. The Morgan fingerprint density at radius 1 is 1.23 bits per heavy atom. The van der Waals surface area contributed by atoms with Crippen molar-refractivity contribution in [3.8, 4) is 11.3 Å². The van der Waals surface area contributed by atoms with Gasteiger partial charge in [0.15, 0.2) is 5.65 Å². The summed E-state index contributed by atoms with van der Waals surface area (Å²) in [6, 6.07) is 12.5. The summed E-state index contributed by atoms with van der Waals surface area (Å²) in [5.41, 5.74) is 4.39. The first-order valence-corrected chi connectivity index (χ1v) is 10.2. The molecule has 2 aromatic carbocycles. The van der Waals surface area contributed by atoms with Gasteiger partial charge in [-0.05, 0) is 30.7 Å². The fourth-order valence-corrected chi connectivity index (χ4v) is 3.51. The van der Waals surface area contributed by atoms with Gasteiger partial charge in [0.05, 0.1) is 11.2 Å². The minimum Gasteiger partial charge on any atom is -0.369 e. The SMILES string of the molecule is Cc1cccc(-c2nc3cnccn3c2NCCC(=O)NCc2ccc(F)c(Cl)c2)c1. The molecule has 1 amide bonds. The third-order valence-corrected chi connectivity index (χ3v) is 5.13. The van der Waals surface area contributed by atoms with Crippen LogP contribution in [0.5, 0.6) is 0 Å². The van der Waals surface area contributed by atoms with Gasteiger partial charge in [-0.25, -0.2) is 9.37 Å². The molecule has 0 saturated heterocycles. The molecule has 0 spiro atoms. The summed E-state index contributed by atoms with van der Waals surface area (Å²) >= 11 is 5.78. The van der Waals surface area contributed by atoms with Gasteiger partial charge in [0.25, 0.3) is 0 Å². The summed E-state index contributed by atoms with van der Waals surface area (Å²) in [5.74, 6) is 0.204. The Morgan fingerprint density at radius 2 is 2.10 bits per heavy atom. The van der Waals surface area contributed by atoms with Gasteiger partial charge < -0.3 is 10.6 Å². The molecule has 2 N–H and O–H groups in total. The van der Waals surface area contributed by atoms with Crippen LogP contribution in [0.3, 0.4) is 0 Å². The molecule has 2 aromatic heterocycles. The van der Waals surface area contributed by atoms with E-state index in [0.717, 1.165) is 33.8 Å². The number of amides is 1. The molecule has 0 atom stereocenters. The standard InChI is InChI=1S/C23H21ClFN5O/c1-15-3-2-4-17(11-15)22-23(30-10-9-26-14-20(30)29-22)27-8-7-21(31)28-13-16-5-6-19(25)18(24)12-16/h2-6,9-12,14,27H,7-8,13H2,1H3,(H,28,31). The first-order valence-electron chi connectivity index (χ1n) is 9.85. The molecule has 0 aliphatic carbocycles. The van der Waals surface area contributed by atoms with Crippen LogP contribution in [0.2, 0.25) is 5.02 Å². The van der Waals surface area contributed by atoms with Crippen molar-refractivity contribution in [2.45, 2.75) is 19.9 Å². The third-order valence-electron chi connectivity index (χ3n) is 4.84. The molecule has 4 aromatic rings. The molecule has 2 heterocycles. The number of benzene rings is 2. The largest absolute Gasteiger partial charge is 0.369 e. The van der Waals surface area contributed by atoms with E-state index in [1.54, 1.807) is 18.5 Å². The minimum atomic E-state index is -0.478. The zero-order valence-electron chi connectivity index (χ0n) is 16.9. The second-order valence-electron chi connectivity index (χ2n) is 7.18. The van der Waals surface area contributed by atoms with Gasteiger partial charge in [0.2, 0.25) is 5.91 Å². The minimum absolute atomic E-state index is 0.0409. The van der Waals surface area contributed by atoms with Gasteiger partial charge in [0.1, 0.15) is 17.3 Å². The Bertz CT molecular complexity index is 1240. The van der Waals surface area contributed by atoms with Crippen LogP contribution in [0.25, 0.3) is 16.9 Å². The molecule has 8 heteroatoms. The number of fused-ring (bicyclic) bond motifs is 1. The van der Waals surface area contributed by atoms with Crippen LogP contribution in [0.1, 0.15) is 17.5 Å². The van der Waals surface area contributed by atoms with E-state index in [9.17, 15) is 9.18 Å². The van der Waals surface area contributed by atoms with Gasteiger partial charge in [0, 0.05) is 37.5 Å². The van der Waals surface area contributed by atoms with Gasteiger partial charge in [-0.3, -0.25) is 14.2 Å². The Kier molecular flexibility index (Phi) is 6.13. The lowest BCUT2D eigenvalue weighted by Gasteiger charge is -2.10. The van der Waals surface area contributed by atoms with E-state index in [2.05, 4.69) is 21.7 Å². The molecule has 0 bridgehead atoms. The van der Waals surface area contributed by atoms with Crippen molar-refractivity contribution in [2.24, 2.45) is 0 Å². The maximum atomic E-state index is 13.2. The van der Waals surface area contributed by atoms with Crippen LogP contribution in [0, 0.1) is 12.7 Å². The number of aryl methyl sites for hydroxylation is 1. The molecule has 0 unspecified atom stereocenters. The zero-order valence-corrected chi connectivity index (χ0v) is 17.7. The molecular formula is C23H21ClFN5O. The molecule has 6 nitrogen and oxygen atoms in total. The van der Waals surface area contributed by atoms with Crippen LogP contribution in [-0.2, 0) is 11.3 Å². The molecule has 0 aliphatic heterocycles. The summed E-state index contributed by atoms with van der Waals surface area (Å²) in [4.78, 5) is 21.1. The van der Waals surface area contributed by atoms with Crippen molar-refractivity contribution >= 4 is 29.0 Å². The van der Waals surface area contributed by atoms with Crippen LogP contribution >= 0.6 is 11.6 Å². The maximum absolute atomic E-state index is 13.2. The number of nitrogens with zero attached hydrogens (tertiary/aromatic N) is 3. The molecule has 158 valence electrons. The van der Waals surface area contributed by atoms with E-state index in [1.807, 2.05) is 35.7 Å². The van der Waals surface area contributed by atoms with E-state index in [1.165, 1.54) is 12.1 Å². The predicted molar refractivity (Wildman–Crippen MR) is 120 cm³/mol. The number of imidazole rings is 1. The molecule has 0 aliphatic rings. The van der Waals surface area contributed by atoms with Gasteiger partial charge in [-0.2, -0.15) is 0 Å². The first kappa shape index (κ1) is 20.8. The predicted octanol–water partition coefficient (Wildman–Crippen LogP) is 4.62. The number of aromatic nitrogens is 3. The number of anilines is 1. The van der Waals surface area contributed by atoms with Crippen molar-refractivity contribution in [3.05, 3.63) is 83.0 Å². The van der Waals surface area contributed by atoms with E-state index in [4.69, 9.17) is 16.6 Å². The normalized spacial score (nSPS) is 10.9. The number of carbonyl (C=O) groups excluding carboxylic acids is 1. The van der Waals surface area contributed by atoms with Crippen molar-refractivity contribution in [1.82, 2.24) is 19.7 Å². The summed E-state index contributed by atoms with van der Waals surface area (Å²) in [6.07, 6.45) is 5.49. The number of carbonyl (C=O) groups is 1. The fraction of sp³-hybridized carbons (Fsp3) is 0.174. The van der Waals surface area contributed by atoms with E-state index in [0.29, 0.717) is 6.54 Å². The smallest absolute Gasteiger partial charge is 0.222 e. The van der Waals surface area contributed by atoms with Crippen molar-refractivity contribution in [2.75, 3.05) is 11.9 Å². The lowest BCUT2D eigenvalue weighted by Crippen LogP contribution is -2.25. The van der Waals surface area contributed by atoms with Crippen LogP contribution in [0.15, 0.2) is 61.1 Å². The highest BCUT2D eigenvalue weighted by atomic mass is 35.5. The third kappa shape index (κ3) is 4.83. The van der Waals surface area contributed by atoms with Crippen molar-refractivity contribution in [1.29, 1.82) is 0 Å². The number of halogens is 2. The summed E-state index contributed by atoms with van der Waals surface area (Å²) in [5, 5.41) is 6.21. The van der Waals surface area contributed by atoms with Gasteiger partial charge >= 0.3 is 0 Å². The first-order chi connectivity index (χ1) is 15.0. The topological polar surface area (TPSA) is 71.3 Å². The van der Waals surface area contributed by atoms with Crippen molar-refractivity contribution in [3.63, 3.8) is 0 Å². The molecule has 0 radical (unpaired) electrons. The lowest BCUT2D eigenvalue weighted by atomic mass is 10.1. The quantitative estimate of drug-likeness (QED) is 0.442. The van der Waals surface area contributed by atoms with Crippen molar-refractivity contribution < 1.29 is 9.18 Å². The average molecular weight is 438 g/mol. The summed E-state index contributed by atoms with van der Waals surface area (Å²) in [6.45, 7) is 2.74. The average Bonchev–Trinajstić information content (AvgIpc) is 3.13. The van der Waals surface area contributed by atoms with Gasteiger partial charge in [-0.15, -0.1) is 0 Å². The second kappa shape index (κ2) is 9.14. The number of hydrogen-bond donors (Lipinski definition) is 2. The Hall–Kier alpha value is -3.45. The lowest BCUT2D eigenvalue weighted by molar-refractivity contribution is -0.121. The fourth-order valence-electron chi connectivity index (χ4n) is 3.30. The Balaban J connectivity index is 1.43. The zero-order chi connectivity index (χ0) is 21.8. The molecule has 31 heavy (non-hydrogen) atoms. The molecule has 4 rings (SSSR count). The summed E-state index contributed by atoms with van der Waals surface area (Å²) in [7, 11) is 0. The highest BCUT2D eigenvalue weighted by Crippen LogP contribution is 2.29. The Labute approximate surface area is 184 Å². The Morgan fingerprint density at radius 3 is 2.90 bits per heavy atom. The van der Waals surface area contributed by atoms with Crippen LogP contribution in [-0.4, -0.2) is 26.8 Å². The van der Waals surface area contributed by atoms with E-state index in [-0.39, 0.29) is 23.9 Å².